The third kappa shape index (κ3) is 5.67. The van der Waals surface area contributed by atoms with Crippen LogP contribution in [0.5, 0.6) is 0 Å². The Morgan fingerprint density at radius 2 is 2.05 bits per heavy atom. The molecule has 0 aliphatic heterocycles. The molecular formula is C14H24BrN3O3. The number of halogens is 1. The van der Waals surface area contributed by atoms with E-state index in [0.29, 0.717) is 19.8 Å². The van der Waals surface area contributed by atoms with Crippen LogP contribution in [0.15, 0.2) is 4.47 Å². The lowest BCUT2D eigenvalue weighted by atomic mass is 10.2. The summed E-state index contributed by atoms with van der Waals surface area (Å²) in [6, 6.07) is 0. The number of ether oxygens (including phenoxy) is 2. The first-order valence-electron chi connectivity index (χ1n) is 6.81. The molecule has 1 amide bonds. The zero-order valence-corrected chi connectivity index (χ0v) is 15.2. The van der Waals surface area contributed by atoms with E-state index in [0.717, 1.165) is 15.9 Å². The van der Waals surface area contributed by atoms with Crippen molar-refractivity contribution in [1.82, 2.24) is 14.7 Å². The lowest BCUT2D eigenvalue weighted by molar-refractivity contribution is 0.0219. The molecule has 0 fully saturated rings. The highest BCUT2D eigenvalue weighted by atomic mass is 79.9. The minimum Gasteiger partial charge on any atom is -0.444 e. The van der Waals surface area contributed by atoms with Crippen LogP contribution in [-0.4, -0.2) is 46.6 Å². The number of rotatable bonds is 5. The monoisotopic (exact) mass is 361 g/mol. The number of carbonyl (C=O) groups excluding carboxylic acids is 1. The van der Waals surface area contributed by atoms with Crippen molar-refractivity contribution in [3.63, 3.8) is 0 Å². The summed E-state index contributed by atoms with van der Waals surface area (Å²) in [6.07, 6.45) is -0.346. The molecule has 0 saturated heterocycles. The zero-order chi connectivity index (χ0) is 16.2. The van der Waals surface area contributed by atoms with E-state index < -0.39 is 5.60 Å². The van der Waals surface area contributed by atoms with Crippen LogP contribution in [0.2, 0.25) is 0 Å². The number of likely N-dealkylation sites (N-methyl/N-ethyl adjacent to an activating group) is 1. The number of nitrogens with zero attached hydrogens (tertiary/aromatic N) is 3. The summed E-state index contributed by atoms with van der Waals surface area (Å²) in [5.74, 6) is 0. The van der Waals surface area contributed by atoms with Crippen LogP contribution in [0.1, 0.15) is 32.2 Å². The first kappa shape index (κ1) is 18.0. The molecule has 7 heteroatoms. The van der Waals surface area contributed by atoms with Gasteiger partial charge < -0.3 is 14.4 Å². The number of aryl methyl sites for hydroxylation is 1. The van der Waals surface area contributed by atoms with Crippen molar-refractivity contribution in [2.75, 3.05) is 20.2 Å². The predicted molar refractivity (Wildman–Crippen MR) is 84.2 cm³/mol. The van der Waals surface area contributed by atoms with Crippen molar-refractivity contribution in [3.05, 3.63) is 15.9 Å². The van der Waals surface area contributed by atoms with Gasteiger partial charge in [-0.05, 0) is 43.6 Å². The van der Waals surface area contributed by atoms with E-state index >= 15 is 0 Å². The van der Waals surface area contributed by atoms with E-state index in [1.807, 2.05) is 34.7 Å². The van der Waals surface area contributed by atoms with E-state index in [9.17, 15) is 4.79 Å². The summed E-state index contributed by atoms with van der Waals surface area (Å²) < 4.78 is 13.6. The predicted octanol–water partition coefficient (Wildman–Crippen LogP) is 2.87. The van der Waals surface area contributed by atoms with Crippen molar-refractivity contribution in [1.29, 1.82) is 0 Å². The highest BCUT2D eigenvalue weighted by Gasteiger charge is 2.19. The van der Waals surface area contributed by atoms with Crippen LogP contribution >= 0.6 is 15.9 Å². The average molecular weight is 362 g/mol. The molecule has 6 nitrogen and oxygen atoms in total. The summed E-state index contributed by atoms with van der Waals surface area (Å²) >= 11 is 3.49. The minimum absolute atomic E-state index is 0.346. The first-order chi connectivity index (χ1) is 9.61. The van der Waals surface area contributed by atoms with Gasteiger partial charge in [-0.2, -0.15) is 5.10 Å². The second kappa shape index (κ2) is 7.26. The number of carbonyl (C=O) groups is 1. The van der Waals surface area contributed by atoms with E-state index in [1.165, 1.54) is 4.90 Å². The van der Waals surface area contributed by atoms with Crippen molar-refractivity contribution in [2.45, 2.75) is 39.9 Å². The van der Waals surface area contributed by atoms with Crippen LogP contribution in [0.3, 0.4) is 0 Å². The largest absolute Gasteiger partial charge is 0.444 e. The second-order valence-electron chi connectivity index (χ2n) is 5.92. The third-order valence-electron chi connectivity index (χ3n) is 2.84. The van der Waals surface area contributed by atoms with Gasteiger partial charge >= 0.3 is 6.09 Å². The fourth-order valence-corrected chi connectivity index (χ4v) is 1.99. The van der Waals surface area contributed by atoms with E-state index in [1.54, 1.807) is 11.7 Å². The molecule has 0 spiro atoms. The second-order valence-corrected chi connectivity index (χ2v) is 6.72. The quantitative estimate of drug-likeness (QED) is 0.756. The third-order valence-corrected chi connectivity index (χ3v) is 3.87. The van der Waals surface area contributed by atoms with E-state index in [4.69, 9.17) is 9.47 Å². The van der Waals surface area contributed by atoms with Gasteiger partial charge in [-0.15, -0.1) is 0 Å². The Kier molecular flexibility index (Phi) is 6.22. The Bertz CT molecular complexity index is 494. The van der Waals surface area contributed by atoms with Crippen LogP contribution < -0.4 is 0 Å². The molecule has 0 N–H and O–H groups in total. The Morgan fingerprint density at radius 3 is 2.52 bits per heavy atom. The maximum absolute atomic E-state index is 11.7. The lowest BCUT2D eigenvalue weighted by Crippen LogP contribution is -2.36. The molecule has 0 bridgehead atoms. The smallest absolute Gasteiger partial charge is 0.410 e. The fraction of sp³-hybridized carbons (Fsp3) is 0.714. The molecule has 0 aliphatic carbocycles. The zero-order valence-electron chi connectivity index (χ0n) is 13.6. The molecule has 0 radical (unpaired) electrons. The summed E-state index contributed by atoms with van der Waals surface area (Å²) in [5, 5.41) is 4.35. The van der Waals surface area contributed by atoms with Crippen molar-refractivity contribution in [2.24, 2.45) is 7.05 Å². The number of hydrogen-bond donors (Lipinski definition) is 0. The van der Waals surface area contributed by atoms with Gasteiger partial charge in [0.25, 0.3) is 0 Å². The van der Waals surface area contributed by atoms with Gasteiger partial charge in [0.1, 0.15) is 11.3 Å². The molecule has 1 aromatic heterocycles. The maximum atomic E-state index is 11.7. The number of hydrogen-bond acceptors (Lipinski definition) is 4. The maximum Gasteiger partial charge on any atom is 0.410 e. The van der Waals surface area contributed by atoms with Crippen LogP contribution in [0.4, 0.5) is 4.79 Å². The van der Waals surface area contributed by atoms with Crippen molar-refractivity contribution in [3.8, 4) is 0 Å². The van der Waals surface area contributed by atoms with Crippen LogP contribution in [-0.2, 0) is 23.1 Å². The normalized spacial score (nSPS) is 11.6. The van der Waals surface area contributed by atoms with Gasteiger partial charge in [-0.3, -0.25) is 4.68 Å². The van der Waals surface area contributed by atoms with Crippen molar-refractivity contribution >= 4 is 22.0 Å². The minimum atomic E-state index is -0.484. The van der Waals surface area contributed by atoms with Crippen LogP contribution in [0, 0.1) is 6.92 Å². The summed E-state index contributed by atoms with van der Waals surface area (Å²) in [4.78, 5) is 13.3. The standard InChI is InChI=1S/C14H24BrN3O3/c1-10-12(15)11(16-18(10)6)9-20-8-7-17(5)13(19)21-14(2,3)4/h7-9H2,1-6H3. The van der Waals surface area contributed by atoms with Gasteiger partial charge in [0.2, 0.25) is 0 Å². The first-order valence-corrected chi connectivity index (χ1v) is 7.61. The molecule has 120 valence electrons. The molecule has 1 aromatic rings. The number of aromatic nitrogens is 2. The van der Waals surface area contributed by atoms with Gasteiger partial charge in [-0.25, -0.2) is 4.79 Å². The molecule has 21 heavy (non-hydrogen) atoms. The molecule has 0 aliphatic rings. The van der Waals surface area contributed by atoms with E-state index in [-0.39, 0.29) is 6.09 Å². The van der Waals surface area contributed by atoms with E-state index in [2.05, 4.69) is 21.0 Å². The number of amides is 1. The molecule has 0 saturated carbocycles. The van der Waals surface area contributed by atoms with Gasteiger partial charge in [0.05, 0.1) is 17.7 Å². The van der Waals surface area contributed by atoms with Crippen LogP contribution in [0.25, 0.3) is 0 Å². The summed E-state index contributed by atoms with van der Waals surface area (Å²) in [7, 11) is 3.58. The SMILES string of the molecule is Cc1c(Br)c(COCCN(C)C(=O)OC(C)(C)C)nn1C. The molecule has 1 rings (SSSR count). The Hall–Kier alpha value is -1.08. The summed E-state index contributed by atoms with van der Waals surface area (Å²) in [6.45, 7) is 8.82. The molecule has 0 atom stereocenters. The Balaban J connectivity index is 2.34. The lowest BCUT2D eigenvalue weighted by Gasteiger charge is -2.24. The Labute approximate surface area is 134 Å². The van der Waals surface area contributed by atoms with Gasteiger partial charge in [0.15, 0.2) is 0 Å². The highest BCUT2D eigenvalue weighted by molar-refractivity contribution is 9.10. The molecule has 0 aromatic carbocycles. The average Bonchev–Trinajstić information content (AvgIpc) is 2.60. The highest BCUT2D eigenvalue weighted by Crippen LogP contribution is 2.20. The molecule has 1 heterocycles. The van der Waals surface area contributed by atoms with Gasteiger partial charge in [0, 0.05) is 26.3 Å². The van der Waals surface area contributed by atoms with Gasteiger partial charge in [-0.1, -0.05) is 0 Å². The fourth-order valence-electron chi connectivity index (χ4n) is 1.54. The molecular weight excluding hydrogens is 338 g/mol. The molecule has 0 unspecified atom stereocenters. The Morgan fingerprint density at radius 1 is 1.43 bits per heavy atom. The summed E-state index contributed by atoms with van der Waals surface area (Å²) in [5.41, 5.74) is 1.43. The van der Waals surface area contributed by atoms with Crippen molar-refractivity contribution < 1.29 is 14.3 Å². The topological polar surface area (TPSA) is 56.6 Å².